The molecule has 2 aromatic carbocycles. The molecule has 0 radical (unpaired) electrons. The highest BCUT2D eigenvalue weighted by Crippen LogP contribution is 2.40. The van der Waals surface area contributed by atoms with E-state index in [4.69, 9.17) is 21.1 Å². The number of thiophene rings is 1. The lowest BCUT2D eigenvalue weighted by Gasteiger charge is -2.15. The molecule has 2 N–H and O–H groups in total. The van der Waals surface area contributed by atoms with Crippen LogP contribution in [0.4, 0.5) is 5.00 Å². The number of hydrogen-bond acceptors (Lipinski definition) is 9. The second-order valence-corrected chi connectivity index (χ2v) is 12.5. The molecule has 0 fully saturated rings. The van der Waals surface area contributed by atoms with E-state index in [-0.39, 0.29) is 31.6 Å². The van der Waals surface area contributed by atoms with Crippen molar-refractivity contribution in [2.45, 2.75) is 50.1 Å². The van der Waals surface area contributed by atoms with Gasteiger partial charge < -0.3 is 20.1 Å². The zero-order chi connectivity index (χ0) is 30.3. The van der Waals surface area contributed by atoms with Crippen molar-refractivity contribution in [3.63, 3.8) is 0 Å². The molecule has 2 amide bonds. The molecule has 0 aliphatic heterocycles. The number of carbonyl (C=O) groups is 3. The van der Waals surface area contributed by atoms with E-state index >= 15 is 0 Å². The number of nitrogens with one attached hydrogen (secondary N) is 2. The number of aryl methyl sites for hydroxylation is 1. The third kappa shape index (κ3) is 7.38. The summed E-state index contributed by atoms with van der Waals surface area (Å²) >= 11 is 8.92. The largest absolute Gasteiger partial charge is 0.484 e. The predicted molar refractivity (Wildman–Crippen MR) is 166 cm³/mol. The Balaban J connectivity index is 1.31. The molecule has 5 rings (SSSR count). The molecule has 1 atom stereocenters. The molecule has 0 bridgehead atoms. The Morgan fingerprint density at radius 2 is 1.93 bits per heavy atom. The molecular weight excluding hydrogens is 610 g/mol. The number of ether oxygens (including phenoxy) is 2. The first-order valence-electron chi connectivity index (χ1n) is 13.8. The third-order valence-electron chi connectivity index (χ3n) is 6.61. The van der Waals surface area contributed by atoms with Gasteiger partial charge in [0.05, 0.1) is 29.7 Å². The summed E-state index contributed by atoms with van der Waals surface area (Å²) in [6, 6.07) is 16.2. The van der Waals surface area contributed by atoms with E-state index in [1.54, 1.807) is 48.7 Å². The molecular formula is C30H30ClN5O5S2. The predicted octanol–water partition coefficient (Wildman–Crippen LogP) is 5.46. The van der Waals surface area contributed by atoms with Crippen LogP contribution in [-0.2, 0) is 33.7 Å². The summed E-state index contributed by atoms with van der Waals surface area (Å²) in [5, 5.41) is 15.3. The van der Waals surface area contributed by atoms with Gasteiger partial charge in [0.1, 0.15) is 10.8 Å². The number of anilines is 1. The highest BCUT2D eigenvalue weighted by Gasteiger charge is 2.30. The van der Waals surface area contributed by atoms with Crippen LogP contribution < -0.4 is 15.4 Å². The maximum absolute atomic E-state index is 13.4. The van der Waals surface area contributed by atoms with Gasteiger partial charge in [0.2, 0.25) is 5.91 Å². The zero-order valence-electron chi connectivity index (χ0n) is 23.6. The first-order chi connectivity index (χ1) is 20.8. The number of nitrogens with zero attached hydrogens (tertiary/aromatic N) is 3. The van der Waals surface area contributed by atoms with Gasteiger partial charge in [-0.1, -0.05) is 47.6 Å². The molecule has 0 saturated carbocycles. The Morgan fingerprint density at radius 3 is 2.70 bits per heavy atom. The summed E-state index contributed by atoms with van der Waals surface area (Å²) in [6.07, 6.45) is 2.66. The number of esters is 1. The fourth-order valence-corrected chi connectivity index (χ4v) is 6.95. The van der Waals surface area contributed by atoms with Crippen molar-refractivity contribution in [3.05, 3.63) is 81.4 Å². The van der Waals surface area contributed by atoms with Crippen LogP contribution in [0.5, 0.6) is 5.75 Å². The average molecular weight is 640 g/mol. The van der Waals surface area contributed by atoms with E-state index in [1.165, 1.54) is 23.1 Å². The van der Waals surface area contributed by atoms with E-state index in [9.17, 15) is 14.4 Å². The van der Waals surface area contributed by atoms with Gasteiger partial charge in [-0.25, -0.2) is 4.79 Å². The van der Waals surface area contributed by atoms with Crippen molar-refractivity contribution in [2.24, 2.45) is 0 Å². The van der Waals surface area contributed by atoms with E-state index in [0.29, 0.717) is 38.0 Å². The van der Waals surface area contributed by atoms with Gasteiger partial charge in [-0.3, -0.25) is 14.2 Å². The van der Waals surface area contributed by atoms with Crippen molar-refractivity contribution in [2.75, 3.05) is 18.5 Å². The highest BCUT2D eigenvalue weighted by molar-refractivity contribution is 8.00. The fraction of sp³-hybridized carbons (Fsp3) is 0.300. The summed E-state index contributed by atoms with van der Waals surface area (Å²) in [5.74, 6) is 0.00624. The maximum Gasteiger partial charge on any atom is 0.341 e. The Bertz CT molecular complexity index is 1620. The average Bonchev–Trinajstić information content (AvgIpc) is 3.70. The van der Waals surface area contributed by atoms with Crippen molar-refractivity contribution < 1.29 is 23.9 Å². The van der Waals surface area contributed by atoms with Gasteiger partial charge in [0.25, 0.3) is 5.91 Å². The van der Waals surface area contributed by atoms with Crippen molar-refractivity contribution in [3.8, 4) is 11.4 Å². The van der Waals surface area contributed by atoms with Crippen molar-refractivity contribution in [1.29, 1.82) is 0 Å². The molecule has 43 heavy (non-hydrogen) atoms. The summed E-state index contributed by atoms with van der Waals surface area (Å²) in [6.45, 7) is 3.68. The van der Waals surface area contributed by atoms with E-state index in [1.807, 2.05) is 24.3 Å². The van der Waals surface area contributed by atoms with Crippen LogP contribution in [0.15, 0.2) is 59.8 Å². The topological polar surface area (TPSA) is 124 Å². The molecule has 0 spiro atoms. The van der Waals surface area contributed by atoms with Crippen molar-refractivity contribution in [1.82, 2.24) is 20.1 Å². The Hall–Kier alpha value is -3.87. The number of carbonyl (C=O) groups excluding carboxylic acids is 3. The van der Waals surface area contributed by atoms with Crippen LogP contribution in [0.1, 0.15) is 46.9 Å². The first kappa shape index (κ1) is 30.6. The lowest BCUT2D eigenvalue weighted by Crippen LogP contribution is -2.29. The molecule has 4 aromatic rings. The molecule has 1 aliphatic rings. The molecule has 1 unspecified atom stereocenters. The third-order valence-corrected chi connectivity index (χ3v) is 9.10. The summed E-state index contributed by atoms with van der Waals surface area (Å²) in [4.78, 5) is 39.7. The molecule has 2 heterocycles. The minimum atomic E-state index is -0.601. The van der Waals surface area contributed by atoms with Crippen LogP contribution in [0, 0.1) is 0 Å². The molecule has 0 saturated heterocycles. The van der Waals surface area contributed by atoms with E-state index < -0.39 is 11.2 Å². The number of benzene rings is 2. The van der Waals surface area contributed by atoms with Gasteiger partial charge in [-0.05, 0) is 69.0 Å². The SMILES string of the molecule is CCOC(=O)c1c(NC(=O)C(C)Sc2nnc(CNC(=O)COc3ccccc3)n2-c2cccc(Cl)c2)sc2c1CCC2. The minimum Gasteiger partial charge on any atom is -0.484 e. The number of rotatable bonds is 12. The molecule has 2 aromatic heterocycles. The number of hydrogen-bond donors (Lipinski definition) is 2. The van der Waals surface area contributed by atoms with Crippen LogP contribution in [0.3, 0.4) is 0 Å². The Labute approximate surface area is 262 Å². The monoisotopic (exact) mass is 639 g/mol. The molecule has 10 nitrogen and oxygen atoms in total. The smallest absolute Gasteiger partial charge is 0.341 e. The number of aromatic nitrogens is 3. The molecule has 13 heteroatoms. The first-order valence-corrected chi connectivity index (χ1v) is 15.9. The fourth-order valence-electron chi connectivity index (χ4n) is 4.60. The summed E-state index contributed by atoms with van der Waals surface area (Å²) < 4.78 is 12.6. The van der Waals surface area contributed by atoms with Gasteiger partial charge in [-0.2, -0.15) is 0 Å². The van der Waals surface area contributed by atoms with Crippen LogP contribution in [0.2, 0.25) is 5.02 Å². The molecule has 1 aliphatic carbocycles. The van der Waals surface area contributed by atoms with Crippen LogP contribution in [0.25, 0.3) is 5.69 Å². The van der Waals surface area contributed by atoms with Crippen LogP contribution in [-0.4, -0.2) is 51.0 Å². The van der Waals surface area contributed by atoms with Gasteiger partial charge in [0, 0.05) is 9.90 Å². The quantitative estimate of drug-likeness (QED) is 0.155. The highest BCUT2D eigenvalue weighted by atomic mass is 35.5. The number of halogens is 1. The van der Waals surface area contributed by atoms with Gasteiger partial charge in [-0.15, -0.1) is 21.5 Å². The van der Waals surface area contributed by atoms with Gasteiger partial charge in [0.15, 0.2) is 17.6 Å². The number of amides is 2. The van der Waals surface area contributed by atoms with E-state index in [2.05, 4.69) is 20.8 Å². The number of fused-ring (bicyclic) bond motifs is 1. The standard InChI is InChI=1S/C30H30ClN5O5S2/c1-3-40-29(39)26-22-13-8-14-23(22)43-28(26)33-27(38)18(2)42-30-35-34-24(36(30)20-10-7-9-19(31)15-20)16-32-25(37)17-41-21-11-5-4-6-12-21/h4-7,9-12,15,18H,3,8,13-14,16-17H2,1-2H3,(H,32,37)(H,33,38). The number of para-hydroxylation sites is 1. The zero-order valence-corrected chi connectivity index (χ0v) is 26.0. The second-order valence-electron chi connectivity index (χ2n) is 9.62. The van der Waals surface area contributed by atoms with E-state index in [0.717, 1.165) is 29.7 Å². The number of thioether (sulfide) groups is 1. The maximum atomic E-state index is 13.4. The van der Waals surface area contributed by atoms with Crippen LogP contribution >= 0.6 is 34.7 Å². The van der Waals surface area contributed by atoms with Crippen molar-refractivity contribution >= 4 is 57.5 Å². The lowest BCUT2D eigenvalue weighted by molar-refractivity contribution is -0.123. The molecule has 224 valence electrons. The second kappa shape index (κ2) is 14.1. The lowest BCUT2D eigenvalue weighted by atomic mass is 10.1. The van der Waals surface area contributed by atoms with Gasteiger partial charge >= 0.3 is 5.97 Å². The Morgan fingerprint density at radius 1 is 1.12 bits per heavy atom. The minimum absolute atomic E-state index is 0.0707. The summed E-state index contributed by atoms with van der Waals surface area (Å²) in [7, 11) is 0. The summed E-state index contributed by atoms with van der Waals surface area (Å²) in [5.41, 5.74) is 2.11. The Kier molecular flexibility index (Phi) is 10.0. The normalized spacial score (nSPS) is 12.8.